The fourth-order valence-electron chi connectivity index (χ4n) is 2.56. The van der Waals surface area contributed by atoms with Crippen LogP contribution in [0.1, 0.15) is 27.3 Å². The number of rotatable bonds is 6. The van der Waals surface area contributed by atoms with Gasteiger partial charge in [0.05, 0.1) is 7.11 Å². The van der Waals surface area contributed by atoms with Gasteiger partial charge < -0.3 is 14.6 Å². The molecule has 0 radical (unpaired) electrons. The van der Waals surface area contributed by atoms with Gasteiger partial charge in [0.2, 0.25) is 0 Å². The number of nitrogens with one attached hydrogen (secondary N) is 1. The van der Waals surface area contributed by atoms with E-state index in [2.05, 4.69) is 14.9 Å². The van der Waals surface area contributed by atoms with Crippen LogP contribution in [0.25, 0.3) is 0 Å². The second-order valence-corrected chi connectivity index (χ2v) is 5.83. The van der Waals surface area contributed by atoms with Crippen LogP contribution >= 0.6 is 0 Å². The topological polar surface area (TPSA) is 56.1 Å². The Hall–Kier alpha value is -3.08. The first-order chi connectivity index (χ1) is 12.2. The Kier molecular flexibility index (Phi) is 5.14. The highest BCUT2D eigenvalue weighted by Gasteiger charge is 2.06. The molecule has 1 heterocycles. The Labute approximate surface area is 147 Å². The molecule has 1 aromatic heterocycles. The van der Waals surface area contributed by atoms with Gasteiger partial charge in [0.15, 0.2) is 0 Å². The summed E-state index contributed by atoms with van der Waals surface area (Å²) in [6, 6.07) is 15.3. The number of nitrogens with zero attached hydrogens (tertiary/aromatic N) is 2. The summed E-state index contributed by atoms with van der Waals surface area (Å²) in [5, 5.41) is 2.93. The van der Waals surface area contributed by atoms with E-state index in [1.807, 2.05) is 61.7 Å². The second kappa shape index (κ2) is 7.66. The highest BCUT2D eigenvalue weighted by Crippen LogP contribution is 2.12. The van der Waals surface area contributed by atoms with Crippen molar-refractivity contribution >= 4 is 5.91 Å². The number of aromatic nitrogens is 2. The Morgan fingerprint density at radius 2 is 1.76 bits per heavy atom. The van der Waals surface area contributed by atoms with Crippen molar-refractivity contribution in [3.8, 4) is 5.75 Å². The SMILES string of the molecule is COc1ccc(CNC(=O)c2ccc(Cn3ccnc3C)cc2)cc1. The zero-order chi connectivity index (χ0) is 17.6. The third kappa shape index (κ3) is 4.26. The van der Waals surface area contributed by atoms with Crippen molar-refractivity contribution in [2.75, 3.05) is 7.11 Å². The minimum atomic E-state index is -0.0822. The van der Waals surface area contributed by atoms with E-state index >= 15 is 0 Å². The van der Waals surface area contributed by atoms with Gasteiger partial charge in [0.1, 0.15) is 11.6 Å². The molecule has 0 aliphatic carbocycles. The lowest BCUT2D eigenvalue weighted by Gasteiger charge is -2.08. The Balaban J connectivity index is 1.57. The summed E-state index contributed by atoms with van der Waals surface area (Å²) in [6.07, 6.45) is 3.74. The molecule has 128 valence electrons. The summed E-state index contributed by atoms with van der Waals surface area (Å²) >= 11 is 0. The van der Waals surface area contributed by atoms with E-state index in [1.54, 1.807) is 13.3 Å². The van der Waals surface area contributed by atoms with Crippen molar-refractivity contribution in [2.24, 2.45) is 0 Å². The minimum absolute atomic E-state index is 0.0822. The molecule has 3 aromatic rings. The molecule has 25 heavy (non-hydrogen) atoms. The average Bonchev–Trinajstić information content (AvgIpc) is 3.05. The molecule has 0 aliphatic heterocycles. The fraction of sp³-hybridized carbons (Fsp3) is 0.200. The first kappa shape index (κ1) is 16.8. The van der Waals surface area contributed by atoms with Crippen LogP contribution in [-0.2, 0) is 13.1 Å². The lowest BCUT2D eigenvalue weighted by atomic mass is 10.1. The summed E-state index contributed by atoms with van der Waals surface area (Å²) < 4.78 is 7.20. The van der Waals surface area contributed by atoms with Gasteiger partial charge in [-0.2, -0.15) is 0 Å². The molecule has 0 atom stereocenters. The maximum atomic E-state index is 12.3. The quantitative estimate of drug-likeness (QED) is 0.753. The Morgan fingerprint density at radius 3 is 2.36 bits per heavy atom. The van der Waals surface area contributed by atoms with Crippen LogP contribution in [0.4, 0.5) is 0 Å². The Bertz CT molecular complexity index is 836. The molecule has 0 bridgehead atoms. The predicted molar refractivity (Wildman–Crippen MR) is 96.7 cm³/mol. The highest BCUT2D eigenvalue weighted by molar-refractivity contribution is 5.94. The third-order valence-electron chi connectivity index (χ3n) is 4.10. The summed E-state index contributed by atoms with van der Waals surface area (Å²) in [4.78, 5) is 16.5. The number of amides is 1. The molecule has 0 fully saturated rings. The van der Waals surface area contributed by atoms with Gasteiger partial charge >= 0.3 is 0 Å². The van der Waals surface area contributed by atoms with Crippen LogP contribution in [0.2, 0.25) is 0 Å². The normalized spacial score (nSPS) is 10.5. The number of aryl methyl sites for hydroxylation is 1. The van der Waals surface area contributed by atoms with Crippen LogP contribution < -0.4 is 10.1 Å². The zero-order valence-electron chi connectivity index (χ0n) is 14.4. The fourth-order valence-corrected chi connectivity index (χ4v) is 2.56. The molecule has 3 rings (SSSR count). The zero-order valence-corrected chi connectivity index (χ0v) is 14.4. The van der Waals surface area contributed by atoms with E-state index in [1.165, 1.54) is 0 Å². The van der Waals surface area contributed by atoms with Gasteiger partial charge in [-0.05, 0) is 42.3 Å². The molecular formula is C20H21N3O2. The molecular weight excluding hydrogens is 314 g/mol. The van der Waals surface area contributed by atoms with Crippen molar-refractivity contribution in [3.05, 3.63) is 83.4 Å². The summed E-state index contributed by atoms with van der Waals surface area (Å²) in [5.74, 6) is 1.70. The standard InChI is InChI=1S/C20H21N3O2/c1-15-21-11-12-23(15)14-17-3-7-18(8-4-17)20(24)22-13-16-5-9-19(25-2)10-6-16/h3-12H,13-14H2,1-2H3,(H,22,24). The molecule has 0 aliphatic rings. The number of carbonyl (C=O) groups is 1. The molecule has 5 nitrogen and oxygen atoms in total. The minimum Gasteiger partial charge on any atom is -0.497 e. The summed E-state index contributed by atoms with van der Waals surface area (Å²) in [5.41, 5.74) is 2.81. The van der Waals surface area contributed by atoms with Gasteiger partial charge in [0, 0.05) is 31.0 Å². The number of methoxy groups -OCH3 is 1. The lowest BCUT2D eigenvalue weighted by Crippen LogP contribution is -2.22. The van der Waals surface area contributed by atoms with E-state index < -0.39 is 0 Å². The second-order valence-electron chi connectivity index (χ2n) is 5.83. The lowest BCUT2D eigenvalue weighted by molar-refractivity contribution is 0.0951. The maximum Gasteiger partial charge on any atom is 0.251 e. The third-order valence-corrected chi connectivity index (χ3v) is 4.10. The van der Waals surface area contributed by atoms with Crippen molar-refractivity contribution in [3.63, 3.8) is 0 Å². The number of imidazole rings is 1. The first-order valence-corrected chi connectivity index (χ1v) is 8.13. The molecule has 0 saturated heterocycles. The van der Waals surface area contributed by atoms with Gasteiger partial charge in [0.25, 0.3) is 5.91 Å². The molecule has 2 aromatic carbocycles. The van der Waals surface area contributed by atoms with Gasteiger partial charge in [-0.25, -0.2) is 4.98 Å². The molecule has 1 N–H and O–H groups in total. The van der Waals surface area contributed by atoms with Crippen LogP contribution in [0.3, 0.4) is 0 Å². The maximum absolute atomic E-state index is 12.3. The number of hydrogen-bond donors (Lipinski definition) is 1. The first-order valence-electron chi connectivity index (χ1n) is 8.13. The molecule has 5 heteroatoms. The molecule has 1 amide bonds. The van der Waals surface area contributed by atoms with Gasteiger partial charge in [-0.3, -0.25) is 4.79 Å². The van der Waals surface area contributed by atoms with Gasteiger partial charge in [-0.1, -0.05) is 24.3 Å². The van der Waals surface area contributed by atoms with E-state index in [9.17, 15) is 4.79 Å². The molecule has 0 unspecified atom stereocenters. The van der Waals surface area contributed by atoms with Crippen LogP contribution in [-0.4, -0.2) is 22.6 Å². The van der Waals surface area contributed by atoms with Gasteiger partial charge in [-0.15, -0.1) is 0 Å². The largest absolute Gasteiger partial charge is 0.497 e. The number of hydrogen-bond acceptors (Lipinski definition) is 3. The van der Waals surface area contributed by atoms with Crippen molar-refractivity contribution in [1.82, 2.24) is 14.9 Å². The average molecular weight is 335 g/mol. The van der Waals surface area contributed by atoms with Crippen LogP contribution in [0.15, 0.2) is 60.9 Å². The van der Waals surface area contributed by atoms with E-state index in [0.29, 0.717) is 12.1 Å². The summed E-state index contributed by atoms with van der Waals surface area (Å²) in [7, 11) is 1.63. The monoisotopic (exact) mass is 335 g/mol. The smallest absolute Gasteiger partial charge is 0.251 e. The van der Waals surface area contributed by atoms with E-state index in [-0.39, 0.29) is 5.91 Å². The number of benzene rings is 2. The predicted octanol–water partition coefficient (Wildman–Crippen LogP) is 3.18. The summed E-state index contributed by atoms with van der Waals surface area (Å²) in [6.45, 7) is 3.21. The number of carbonyl (C=O) groups excluding carboxylic acids is 1. The van der Waals surface area contributed by atoms with E-state index in [4.69, 9.17) is 4.74 Å². The molecule has 0 spiro atoms. The van der Waals surface area contributed by atoms with Crippen molar-refractivity contribution < 1.29 is 9.53 Å². The molecule has 0 saturated carbocycles. The van der Waals surface area contributed by atoms with E-state index in [0.717, 1.165) is 29.2 Å². The van der Waals surface area contributed by atoms with Crippen LogP contribution in [0.5, 0.6) is 5.75 Å². The highest BCUT2D eigenvalue weighted by atomic mass is 16.5. The van der Waals surface area contributed by atoms with Crippen LogP contribution in [0, 0.1) is 6.92 Å². The van der Waals surface area contributed by atoms with Crippen molar-refractivity contribution in [2.45, 2.75) is 20.0 Å². The van der Waals surface area contributed by atoms with Crippen molar-refractivity contribution in [1.29, 1.82) is 0 Å². The number of ether oxygens (including phenoxy) is 1. The Morgan fingerprint density at radius 1 is 1.08 bits per heavy atom.